The number of carbonyl (C=O) groups excluding carboxylic acids is 1. The van der Waals surface area contributed by atoms with Crippen molar-refractivity contribution in [3.8, 4) is 0 Å². The summed E-state index contributed by atoms with van der Waals surface area (Å²) in [6.07, 6.45) is 5.12. The van der Waals surface area contributed by atoms with Gasteiger partial charge in [-0.05, 0) is 37.6 Å². The van der Waals surface area contributed by atoms with Gasteiger partial charge in [0.2, 0.25) is 5.91 Å². The summed E-state index contributed by atoms with van der Waals surface area (Å²) in [5.41, 5.74) is 1.19. The van der Waals surface area contributed by atoms with Crippen molar-refractivity contribution >= 4 is 5.91 Å². The lowest BCUT2D eigenvalue weighted by Gasteiger charge is -2.21. The van der Waals surface area contributed by atoms with Crippen LogP contribution in [-0.2, 0) is 4.79 Å². The molecule has 1 heterocycles. The van der Waals surface area contributed by atoms with Gasteiger partial charge in [0.25, 0.3) is 0 Å². The Kier molecular flexibility index (Phi) is 7.11. The molecule has 0 spiro atoms. The topological polar surface area (TPSA) is 54.0 Å². The highest BCUT2D eigenvalue weighted by Gasteiger charge is 2.16. The molecule has 0 saturated carbocycles. The van der Waals surface area contributed by atoms with Gasteiger partial charge in [-0.2, -0.15) is 0 Å². The molecule has 0 aliphatic rings. The number of hydrogen-bond donors (Lipinski definition) is 2. The molecule has 1 aromatic rings. The fraction of sp³-hybridized carbons (Fsp3) is 0.600. The van der Waals surface area contributed by atoms with Crippen molar-refractivity contribution < 1.29 is 4.79 Å². The van der Waals surface area contributed by atoms with E-state index in [0.717, 1.165) is 13.0 Å². The summed E-state index contributed by atoms with van der Waals surface area (Å²) in [4.78, 5) is 15.9. The minimum Gasteiger partial charge on any atom is -0.355 e. The second-order valence-corrected chi connectivity index (χ2v) is 5.15. The first-order valence-electron chi connectivity index (χ1n) is 6.96. The fourth-order valence-electron chi connectivity index (χ4n) is 2.07. The Balaban J connectivity index is 2.45. The Bertz CT molecular complexity index is 365. The maximum absolute atomic E-state index is 11.7. The van der Waals surface area contributed by atoms with Crippen LogP contribution >= 0.6 is 0 Å². The van der Waals surface area contributed by atoms with Crippen molar-refractivity contribution in [1.82, 2.24) is 15.6 Å². The number of carbonyl (C=O) groups is 1. The Morgan fingerprint density at radius 1 is 1.42 bits per heavy atom. The van der Waals surface area contributed by atoms with Gasteiger partial charge < -0.3 is 10.6 Å². The van der Waals surface area contributed by atoms with E-state index in [4.69, 9.17) is 0 Å². The van der Waals surface area contributed by atoms with Gasteiger partial charge in [-0.1, -0.05) is 19.9 Å². The van der Waals surface area contributed by atoms with E-state index >= 15 is 0 Å². The lowest BCUT2D eigenvalue weighted by Crippen LogP contribution is -2.30. The summed E-state index contributed by atoms with van der Waals surface area (Å²) in [5, 5.41) is 6.07. The van der Waals surface area contributed by atoms with Crippen molar-refractivity contribution in [3.05, 3.63) is 30.1 Å². The quantitative estimate of drug-likeness (QED) is 0.705. The molecule has 1 amide bonds. The highest BCUT2D eigenvalue weighted by molar-refractivity contribution is 5.75. The van der Waals surface area contributed by atoms with Crippen molar-refractivity contribution in [2.75, 3.05) is 20.1 Å². The number of aromatic nitrogens is 1. The molecular weight excluding hydrogens is 238 g/mol. The number of rotatable bonds is 8. The molecule has 106 valence electrons. The van der Waals surface area contributed by atoms with Crippen LogP contribution < -0.4 is 10.6 Å². The van der Waals surface area contributed by atoms with Crippen LogP contribution in [0.3, 0.4) is 0 Å². The third kappa shape index (κ3) is 5.83. The predicted molar refractivity (Wildman–Crippen MR) is 78.0 cm³/mol. The van der Waals surface area contributed by atoms with E-state index in [9.17, 15) is 4.79 Å². The lowest BCUT2D eigenvalue weighted by atomic mass is 9.89. The van der Waals surface area contributed by atoms with Gasteiger partial charge in [-0.3, -0.25) is 9.78 Å². The number of hydrogen-bond acceptors (Lipinski definition) is 3. The summed E-state index contributed by atoms with van der Waals surface area (Å²) in [7, 11) is 1.90. The molecule has 0 saturated heterocycles. The van der Waals surface area contributed by atoms with Gasteiger partial charge in [0, 0.05) is 31.3 Å². The van der Waals surface area contributed by atoms with Crippen LogP contribution in [0.5, 0.6) is 0 Å². The van der Waals surface area contributed by atoms with Crippen molar-refractivity contribution in [1.29, 1.82) is 0 Å². The van der Waals surface area contributed by atoms with E-state index in [-0.39, 0.29) is 5.91 Å². The minimum absolute atomic E-state index is 0.129. The van der Waals surface area contributed by atoms with Crippen LogP contribution in [0.1, 0.15) is 38.2 Å². The zero-order valence-electron chi connectivity index (χ0n) is 12.1. The van der Waals surface area contributed by atoms with Gasteiger partial charge in [0.1, 0.15) is 0 Å². The molecular formula is C15H25N3O. The number of pyridine rings is 1. The molecule has 4 nitrogen and oxygen atoms in total. The number of nitrogens with zero attached hydrogens (tertiary/aromatic N) is 1. The van der Waals surface area contributed by atoms with E-state index in [1.54, 1.807) is 6.20 Å². The van der Waals surface area contributed by atoms with E-state index in [1.165, 1.54) is 5.56 Å². The zero-order valence-corrected chi connectivity index (χ0v) is 12.1. The maximum atomic E-state index is 11.7. The third-order valence-corrected chi connectivity index (χ3v) is 3.27. The first-order valence-corrected chi connectivity index (χ1v) is 6.96. The second kappa shape index (κ2) is 8.64. The molecule has 4 heteroatoms. The van der Waals surface area contributed by atoms with Crippen LogP contribution in [0.2, 0.25) is 0 Å². The maximum Gasteiger partial charge on any atom is 0.220 e. The van der Waals surface area contributed by atoms with Crippen molar-refractivity contribution in [2.45, 2.75) is 32.6 Å². The van der Waals surface area contributed by atoms with Crippen LogP contribution in [0.25, 0.3) is 0 Å². The zero-order chi connectivity index (χ0) is 14.1. The van der Waals surface area contributed by atoms with E-state index < -0.39 is 0 Å². The first-order chi connectivity index (χ1) is 9.15. The molecule has 19 heavy (non-hydrogen) atoms. The molecule has 0 bridgehead atoms. The van der Waals surface area contributed by atoms with E-state index in [0.29, 0.717) is 24.8 Å². The molecule has 0 aliphatic carbocycles. The predicted octanol–water partition coefficient (Wildman–Crippen LogP) is 1.94. The first kappa shape index (κ1) is 15.6. The average molecular weight is 263 g/mol. The monoisotopic (exact) mass is 263 g/mol. The minimum atomic E-state index is 0.129. The summed E-state index contributed by atoms with van der Waals surface area (Å²) in [5.74, 6) is 0.925. The highest BCUT2D eigenvalue weighted by Crippen LogP contribution is 2.22. The van der Waals surface area contributed by atoms with Gasteiger partial charge in [-0.15, -0.1) is 0 Å². The van der Waals surface area contributed by atoms with Crippen LogP contribution in [0, 0.1) is 5.92 Å². The largest absolute Gasteiger partial charge is 0.355 e. The van der Waals surface area contributed by atoms with E-state index in [2.05, 4.69) is 35.5 Å². The van der Waals surface area contributed by atoms with Gasteiger partial charge in [0.15, 0.2) is 0 Å². The Morgan fingerprint density at radius 2 is 2.21 bits per heavy atom. The van der Waals surface area contributed by atoms with Gasteiger partial charge in [0.05, 0.1) is 0 Å². The molecule has 2 N–H and O–H groups in total. The summed E-state index contributed by atoms with van der Waals surface area (Å²) in [6, 6.07) is 4.02. The Labute approximate surface area is 116 Å². The summed E-state index contributed by atoms with van der Waals surface area (Å²) >= 11 is 0. The van der Waals surface area contributed by atoms with Gasteiger partial charge >= 0.3 is 0 Å². The third-order valence-electron chi connectivity index (χ3n) is 3.27. The molecule has 1 unspecified atom stereocenters. The Morgan fingerprint density at radius 3 is 2.79 bits per heavy atom. The standard InChI is InChI=1S/C15H25N3O/c1-12(2)14(13-6-4-9-17-10-13)11-18-15(19)7-5-8-16-3/h4,6,9-10,12,14,16H,5,7-8,11H2,1-3H3,(H,18,19). The SMILES string of the molecule is CNCCCC(=O)NCC(c1cccnc1)C(C)C. The highest BCUT2D eigenvalue weighted by atomic mass is 16.1. The second-order valence-electron chi connectivity index (χ2n) is 5.15. The number of nitrogens with one attached hydrogen (secondary N) is 2. The molecule has 1 atom stereocenters. The molecule has 1 aromatic heterocycles. The molecule has 0 aliphatic heterocycles. The normalized spacial score (nSPS) is 12.4. The molecule has 1 rings (SSSR count). The smallest absolute Gasteiger partial charge is 0.220 e. The molecule has 0 fully saturated rings. The average Bonchev–Trinajstić information content (AvgIpc) is 2.40. The van der Waals surface area contributed by atoms with Crippen LogP contribution in [0.15, 0.2) is 24.5 Å². The van der Waals surface area contributed by atoms with Crippen molar-refractivity contribution in [2.24, 2.45) is 5.92 Å². The van der Waals surface area contributed by atoms with Gasteiger partial charge in [-0.25, -0.2) is 0 Å². The summed E-state index contributed by atoms with van der Waals surface area (Å²) in [6.45, 7) is 5.90. The lowest BCUT2D eigenvalue weighted by molar-refractivity contribution is -0.121. The van der Waals surface area contributed by atoms with Crippen molar-refractivity contribution in [3.63, 3.8) is 0 Å². The molecule has 0 aromatic carbocycles. The Hall–Kier alpha value is -1.42. The van der Waals surface area contributed by atoms with Crippen LogP contribution in [0.4, 0.5) is 0 Å². The van der Waals surface area contributed by atoms with E-state index in [1.807, 2.05) is 19.3 Å². The molecule has 0 radical (unpaired) electrons. The fourth-order valence-corrected chi connectivity index (χ4v) is 2.07. The van der Waals surface area contributed by atoms with Crippen LogP contribution in [-0.4, -0.2) is 31.0 Å². The summed E-state index contributed by atoms with van der Waals surface area (Å²) < 4.78 is 0. The number of amides is 1.